The third kappa shape index (κ3) is 5.10. The fraction of sp³-hybridized carbons (Fsp3) is 0.923. The van der Waals surface area contributed by atoms with Crippen molar-refractivity contribution in [3.8, 4) is 0 Å². The zero-order chi connectivity index (χ0) is 14.5. The number of sulfone groups is 1. The van der Waals surface area contributed by atoms with Gasteiger partial charge in [0, 0.05) is 0 Å². The maximum Gasteiger partial charge on any atom is 0.308 e. The lowest BCUT2D eigenvalue weighted by Crippen LogP contribution is -2.29. The molecule has 0 unspecified atom stereocenters. The van der Waals surface area contributed by atoms with Crippen LogP contribution in [0.2, 0.25) is 0 Å². The maximum absolute atomic E-state index is 11.6. The highest BCUT2D eigenvalue weighted by molar-refractivity contribution is 7.91. The first-order valence-corrected chi connectivity index (χ1v) is 8.49. The smallest absolute Gasteiger partial charge is 0.308 e. The van der Waals surface area contributed by atoms with Crippen LogP contribution < -0.4 is 0 Å². The molecule has 0 N–H and O–H groups in total. The van der Waals surface area contributed by atoms with Crippen LogP contribution in [0.25, 0.3) is 0 Å². The Hall–Kier alpha value is -0.620. The number of rotatable bonds is 6. The van der Waals surface area contributed by atoms with E-state index in [1.807, 2.05) is 0 Å². The van der Waals surface area contributed by atoms with Crippen molar-refractivity contribution in [2.24, 2.45) is 5.92 Å². The molecular weight excluding hydrogens is 268 g/mol. The lowest BCUT2D eigenvalue weighted by molar-refractivity contribution is -0.147. The molecule has 1 aliphatic carbocycles. The van der Waals surface area contributed by atoms with Crippen molar-refractivity contribution in [1.82, 2.24) is 0 Å². The van der Waals surface area contributed by atoms with Crippen LogP contribution >= 0.6 is 0 Å². The van der Waals surface area contributed by atoms with Crippen LogP contribution in [-0.2, 0) is 24.1 Å². The predicted octanol–water partition coefficient (Wildman–Crippen LogP) is 1.56. The van der Waals surface area contributed by atoms with Gasteiger partial charge in [-0.1, -0.05) is 0 Å². The molecule has 1 saturated carbocycles. The summed E-state index contributed by atoms with van der Waals surface area (Å²) in [5.74, 6) is -0.105. The van der Waals surface area contributed by atoms with E-state index in [-0.39, 0.29) is 35.6 Å². The highest BCUT2D eigenvalue weighted by atomic mass is 32.2. The molecule has 0 aromatic carbocycles. The van der Waals surface area contributed by atoms with Crippen molar-refractivity contribution in [2.45, 2.75) is 50.9 Å². The molecule has 0 aromatic rings. The second-order valence-corrected chi connectivity index (χ2v) is 7.96. The number of carbonyl (C=O) groups excluding carboxylic acids is 1. The molecule has 1 aliphatic rings. The second kappa shape index (κ2) is 7.24. The third-order valence-corrected chi connectivity index (χ3v) is 5.82. The highest BCUT2D eigenvalue weighted by Gasteiger charge is 2.27. The van der Waals surface area contributed by atoms with Crippen molar-refractivity contribution in [1.29, 1.82) is 0 Å². The molecule has 0 aliphatic heterocycles. The van der Waals surface area contributed by atoms with E-state index in [9.17, 15) is 13.2 Å². The molecule has 19 heavy (non-hydrogen) atoms. The van der Waals surface area contributed by atoms with Gasteiger partial charge in [0.15, 0.2) is 9.84 Å². The van der Waals surface area contributed by atoms with Gasteiger partial charge in [-0.05, 0) is 39.5 Å². The van der Waals surface area contributed by atoms with E-state index in [2.05, 4.69) is 0 Å². The molecule has 6 heteroatoms. The van der Waals surface area contributed by atoms with Crippen molar-refractivity contribution in [2.75, 3.05) is 19.5 Å². The Morgan fingerprint density at radius 3 is 2.26 bits per heavy atom. The predicted molar refractivity (Wildman–Crippen MR) is 72.6 cm³/mol. The molecule has 0 atom stereocenters. The van der Waals surface area contributed by atoms with Crippen molar-refractivity contribution >= 4 is 15.8 Å². The molecule has 0 aromatic heterocycles. The molecule has 1 fully saturated rings. The number of ether oxygens (including phenoxy) is 2. The topological polar surface area (TPSA) is 69.7 Å². The van der Waals surface area contributed by atoms with E-state index < -0.39 is 9.84 Å². The van der Waals surface area contributed by atoms with Crippen LogP contribution in [0.4, 0.5) is 0 Å². The number of hydrogen-bond acceptors (Lipinski definition) is 5. The van der Waals surface area contributed by atoms with Gasteiger partial charge in [-0.3, -0.25) is 4.79 Å². The summed E-state index contributed by atoms with van der Waals surface area (Å²) in [5, 5.41) is -0.355. The van der Waals surface area contributed by atoms with Crippen molar-refractivity contribution < 1.29 is 22.7 Å². The van der Waals surface area contributed by atoms with E-state index in [1.54, 1.807) is 13.8 Å². The molecule has 0 saturated heterocycles. The van der Waals surface area contributed by atoms with Crippen LogP contribution in [0.5, 0.6) is 0 Å². The molecule has 0 radical (unpaired) electrons. The van der Waals surface area contributed by atoms with Crippen LogP contribution in [0.3, 0.4) is 0 Å². The van der Waals surface area contributed by atoms with Crippen molar-refractivity contribution in [3.63, 3.8) is 0 Å². The standard InChI is InChI=1S/C13H24O5S/c1-10(2)19(15,16)9-8-18-12-6-4-11(5-7-12)13(14)17-3/h10-12H,4-9H2,1-3H3. The SMILES string of the molecule is COC(=O)C1CCC(OCCS(=O)(=O)C(C)C)CC1. The van der Waals surface area contributed by atoms with Gasteiger partial charge in [0.05, 0.1) is 36.7 Å². The largest absolute Gasteiger partial charge is 0.469 e. The minimum Gasteiger partial charge on any atom is -0.469 e. The monoisotopic (exact) mass is 292 g/mol. The Kier molecular flexibility index (Phi) is 6.26. The van der Waals surface area contributed by atoms with Gasteiger partial charge in [0.25, 0.3) is 0 Å². The third-order valence-electron chi connectivity index (χ3n) is 3.65. The summed E-state index contributed by atoms with van der Waals surface area (Å²) in [6, 6.07) is 0. The first kappa shape index (κ1) is 16.4. The number of esters is 1. The summed E-state index contributed by atoms with van der Waals surface area (Å²) in [7, 11) is -1.62. The zero-order valence-electron chi connectivity index (χ0n) is 11.9. The maximum atomic E-state index is 11.6. The summed E-state index contributed by atoms with van der Waals surface area (Å²) in [6.45, 7) is 3.60. The molecular formula is C13H24O5S. The summed E-state index contributed by atoms with van der Waals surface area (Å²) >= 11 is 0. The van der Waals surface area contributed by atoms with E-state index in [0.717, 1.165) is 25.7 Å². The first-order chi connectivity index (χ1) is 8.86. The number of hydrogen-bond donors (Lipinski definition) is 0. The minimum absolute atomic E-state index is 0.0238. The lowest BCUT2D eigenvalue weighted by Gasteiger charge is -2.27. The molecule has 0 spiro atoms. The Bertz CT molecular complexity index is 380. The number of carbonyl (C=O) groups is 1. The van der Waals surface area contributed by atoms with Gasteiger partial charge < -0.3 is 9.47 Å². The summed E-state index contributed by atoms with van der Waals surface area (Å²) in [4.78, 5) is 11.4. The Labute approximate surface area is 115 Å². The normalized spacial score (nSPS) is 24.4. The van der Waals surface area contributed by atoms with Gasteiger partial charge in [0.1, 0.15) is 0 Å². The van der Waals surface area contributed by atoms with E-state index in [1.165, 1.54) is 7.11 Å². The fourth-order valence-electron chi connectivity index (χ4n) is 2.20. The average molecular weight is 292 g/mol. The first-order valence-electron chi connectivity index (χ1n) is 6.77. The van der Waals surface area contributed by atoms with Gasteiger partial charge in [-0.2, -0.15) is 0 Å². The Balaban J connectivity index is 2.25. The molecule has 0 bridgehead atoms. The molecule has 1 rings (SSSR count). The highest BCUT2D eigenvalue weighted by Crippen LogP contribution is 2.27. The molecule has 112 valence electrons. The quantitative estimate of drug-likeness (QED) is 0.695. The van der Waals surface area contributed by atoms with Gasteiger partial charge in [-0.25, -0.2) is 8.42 Å². The van der Waals surface area contributed by atoms with Crippen LogP contribution in [0.1, 0.15) is 39.5 Å². The average Bonchev–Trinajstić information content (AvgIpc) is 2.38. The molecule has 5 nitrogen and oxygen atoms in total. The lowest BCUT2D eigenvalue weighted by atomic mass is 9.87. The Morgan fingerprint density at radius 2 is 1.79 bits per heavy atom. The van der Waals surface area contributed by atoms with Crippen LogP contribution in [0.15, 0.2) is 0 Å². The minimum atomic E-state index is -3.03. The van der Waals surface area contributed by atoms with Crippen LogP contribution in [-0.4, -0.2) is 45.2 Å². The van der Waals surface area contributed by atoms with Gasteiger partial charge >= 0.3 is 5.97 Å². The molecule has 0 amide bonds. The molecule has 0 heterocycles. The van der Waals surface area contributed by atoms with E-state index in [4.69, 9.17) is 9.47 Å². The second-order valence-electron chi connectivity index (χ2n) is 5.28. The summed E-state index contributed by atoms with van der Waals surface area (Å²) in [6.07, 6.45) is 3.18. The fourth-order valence-corrected chi connectivity index (χ4v) is 3.00. The van der Waals surface area contributed by atoms with E-state index >= 15 is 0 Å². The zero-order valence-corrected chi connectivity index (χ0v) is 12.7. The van der Waals surface area contributed by atoms with Gasteiger partial charge in [-0.15, -0.1) is 0 Å². The summed E-state index contributed by atoms with van der Waals surface area (Å²) < 4.78 is 33.5. The van der Waals surface area contributed by atoms with Gasteiger partial charge in [0.2, 0.25) is 0 Å². The Morgan fingerprint density at radius 1 is 1.21 bits per heavy atom. The van der Waals surface area contributed by atoms with Crippen LogP contribution in [0, 0.1) is 5.92 Å². The summed E-state index contributed by atoms with van der Waals surface area (Å²) in [5.41, 5.74) is 0. The van der Waals surface area contributed by atoms with E-state index in [0.29, 0.717) is 0 Å². The van der Waals surface area contributed by atoms with Crippen molar-refractivity contribution in [3.05, 3.63) is 0 Å². The number of methoxy groups -OCH3 is 1.